The molecule has 5 atom stereocenters. The molecule has 1 heterocycles. The second kappa shape index (κ2) is 12.6. The quantitative estimate of drug-likeness (QED) is 0.320. The van der Waals surface area contributed by atoms with Gasteiger partial charge in [-0.15, -0.1) is 0 Å². The zero-order chi connectivity index (χ0) is 26.3. The number of hydrogen-bond donors (Lipinski definition) is 0. The van der Waals surface area contributed by atoms with Crippen LogP contribution in [-0.4, -0.2) is 75.4 Å². The van der Waals surface area contributed by atoms with Crippen molar-refractivity contribution in [1.29, 1.82) is 0 Å². The van der Waals surface area contributed by atoms with E-state index in [1.54, 1.807) is 12.1 Å². The lowest BCUT2D eigenvalue weighted by molar-refractivity contribution is -0.288. The van der Waals surface area contributed by atoms with Crippen LogP contribution >= 0.6 is 15.9 Å². The number of carbonyl (C=O) groups excluding carboxylic acids is 4. The highest BCUT2D eigenvalue weighted by molar-refractivity contribution is 9.10. The Morgan fingerprint density at radius 1 is 0.829 bits per heavy atom. The summed E-state index contributed by atoms with van der Waals surface area (Å²) in [6, 6.07) is 3.15. The van der Waals surface area contributed by atoms with Crippen LogP contribution in [0.1, 0.15) is 27.7 Å². The number of ether oxygens (including phenoxy) is 8. The maximum Gasteiger partial charge on any atom is 0.303 e. The van der Waals surface area contributed by atoms with Gasteiger partial charge >= 0.3 is 23.9 Å². The van der Waals surface area contributed by atoms with E-state index < -0.39 is 54.6 Å². The minimum atomic E-state index is -1.41. The lowest BCUT2D eigenvalue weighted by atomic mass is 9.98. The molecule has 1 aromatic rings. The van der Waals surface area contributed by atoms with Gasteiger partial charge in [-0.3, -0.25) is 19.2 Å². The van der Waals surface area contributed by atoms with E-state index in [1.165, 1.54) is 21.1 Å². The Hall–Kier alpha value is -3.06. The van der Waals surface area contributed by atoms with Crippen molar-refractivity contribution in [3.8, 4) is 17.2 Å². The first-order chi connectivity index (χ1) is 16.5. The molecule has 12 nitrogen and oxygen atoms in total. The van der Waals surface area contributed by atoms with Gasteiger partial charge in [-0.25, -0.2) is 0 Å². The normalized spacial score (nSPS) is 23.5. The summed E-state index contributed by atoms with van der Waals surface area (Å²) in [6.45, 7) is 4.21. The van der Waals surface area contributed by atoms with Gasteiger partial charge in [0.1, 0.15) is 18.5 Å². The molecule has 0 saturated carbocycles. The summed E-state index contributed by atoms with van der Waals surface area (Å²) in [6.07, 6.45) is -6.59. The number of hydrogen-bond acceptors (Lipinski definition) is 12. The number of carbonyl (C=O) groups is 4. The van der Waals surface area contributed by atoms with E-state index in [2.05, 4.69) is 15.9 Å². The molecule has 2 rings (SSSR count). The average Bonchev–Trinajstić information content (AvgIpc) is 2.76. The summed E-state index contributed by atoms with van der Waals surface area (Å²) < 4.78 is 44.1. The van der Waals surface area contributed by atoms with Crippen molar-refractivity contribution in [1.82, 2.24) is 0 Å². The van der Waals surface area contributed by atoms with Gasteiger partial charge in [0.05, 0.1) is 18.7 Å². The van der Waals surface area contributed by atoms with Crippen molar-refractivity contribution in [3.63, 3.8) is 0 Å². The largest absolute Gasteiger partial charge is 0.497 e. The van der Waals surface area contributed by atoms with E-state index in [9.17, 15) is 19.2 Å². The maximum atomic E-state index is 11.9. The molecule has 1 fully saturated rings. The molecule has 0 amide bonds. The molecule has 1 aliphatic heterocycles. The van der Waals surface area contributed by atoms with Gasteiger partial charge < -0.3 is 37.9 Å². The molecule has 194 valence electrons. The topological polar surface area (TPSA) is 142 Å². The maximum absolute atomic E-state index is 11.9. The highest BCUT2D eigenvalue weighted by Gasteiger charge is 2.53. The average molecular weight is 563 g/mol. The Morgan fingerprint density at radius 3 is 1.91 bits per heavy atom. The van der Waals surface area contributed by atoms with Crippen LogP contribution < -0.4 is 14.2 Å². The van der Waals surface area contributed by atoms with Crippen LogP contribution in [0.2, 0.25) is 0 Å². The summed E-state index contributed by atoms with van der Waals surface area (Å²) in [7, 11) is 2.88. The van der Waals surface area contributed by atoms with E-state index in [0.717, 1.165) is 20.8 Å². The van der Waals surface area contributed by atoms with Gasteiger partial charge in [0.25, 0.3) is 0 Å². The van der Waals surface area contributed by atoms with E-state index >= 15 is 0 Å². The summed E-state index contributed by atoms with van der Waals surface area (Å²) in [5.74, 6) is -2.01. The molecule has 0 radical (unpaired) electrons. The molecule has 35 heavy (non-hydrogen) atoms. The Morgan fingerprint density at radius 2 is 1.40 bits per heavy atom. The van der Waals surface area contributed by atoms with E-state index in [0.29, 0.717) is 10.2 Å². The van der Waals surface area contributed by atoms with Crippen molar-refractivity contribution in [2.75, 3.05) is 20.8 Å². The molecule has 0 spiro atoms. The van der Waals surface area contributed by atoms with Crippen LogP contribution in [0, 0.1) is 0 Å². The standard InChI is InChI=1S/C22H27BrO12/c1-10(24)30-9-17-19(31-11(2)25)20(32-12(3)26)21(33-13(4)27)22(34-17)35-18-15(23)7-14(28-5)8-16(18)29-6/h7-8,17,19-22H,9H2,1-6H3/t17-,19-,20+,21-,22+/m1/s1. The Kier molecular flexibility index (Phi) is 10.1. The fourth-order valence-electron chi connectivity index (χ4n) is 3.33. The van der Waals surface area contributed by atoms with Crippen LogP contribution in [0.25, 0.3) is 0 Å². The van der Waals surface area contributed by atoms with Crippen LogP contribution in [0.15, 0.2) is 16.6 Å². The summed E-state index contributed by atoms with van der Waals surface area (Å²) in [5, 5.41) is 0. The molecule has 0 N–H and O–H groups in total. The third kappa shape index (κ3) is 7.72. The molecular formula is C22H27BrO12. The second-order valence-corrected chi connectivity index (χ2v) is 8.18. The molecule has 0 unspecified atom stereocenters. The molecule has 0 bridgehead atoms. The molecule has 1 aliphatic rings. The first-order valence-electron chi connectivity index (χ1n) is 10.4. The van der Waals surface area contributed by atoms with Gasteiger partial charge in [-0.1, -0.05) is 0 Å². The van der Waals surface area contributed by atoms with E-state index in [4.69, 9.17) is 37.9 Å². The van der Waals surface area contributed by atoms with Crippen molar-refractivity contribution in [2.24, 2.45) is 0 Å². The van der Waals surface area contributed by atoms with Gasteiger partial charge in [0.15, 0.2) is 23.7 Å². The van der Waals surface area contributed by atoms with Gasteiger partial charge in [-0.2, -0.15) is 0 Å². The Labute approximate surface area is 210 Å². The third-order valence-corrected chi connectivity index (χ3v) is 5.21. The van der Waals surface area contributed by atoms with Crippen LogP contribution in [0.3, 0.4) is 0 Å². The van der Waals surface area contributed by atoms with Crippen LogP contribution in [-0.2, 0) is 42.9 Å². The first-order valence-corrected chi connectivity index (χ1v) is 11.1. The predicted octanol–water partition coefficient (Wildman–Crippen LogP) is 1.93. The van der Waals surface area contributed by atoms with Crippen molar-refractivity contribution in [3.05, 3.63) is 16.6 Å². The fraction of sp³-hybridized carbons (Fsp3) is 0.545. The number of rotatable bonds is 9. The smallest absolute Gasteiger partial charge is 0.303 e. The molecule has 0 aromatic heterocycles. The highest BCUT2D eigenvalue weighted by Crippen LogP contribution is 2.41. The first kappa shape index (κ1) is 28.2. The number of esters is 4. The molecule has 1 saturated heterocycles. The zero-order valence-electron chi connectivity index (χ0n) is 20.0. The minimum Gasteiger partial charge on any atom is -0.497 e. The summed E-state index contributed by atoms with van der Waals surface area (Å²) in [5.41, 5.74) is 0. The summed E-state index contributed by atoms with van der Waals surface area (Å²) in [4.78, 5) is 47.1. The van der Waals surface area contributed by atoms with Gasteiger partial charge in [0.2, 0.25) is 12.4 Å². The fourth-order valence-corrected chi connectivity index (χ4v) is 3.84. The molecule has 1 aromatic carbocycles. The molecular weight excluding hydrogens is 536 g/mol. The van der Waals surface area contributed by atoms with Crippen LogP contribution in [0.4, 0.5) is 0 Å². The SMILES string of the molecule is COc1cc(Br)c(O[C@@H]2O[C@H](COC(C)=O)[C@@H](OC(C)=O)[C@H](OC(C)=O)[C@H]2OC(C)=O)c(OC)c1. The lowest BCUT2D eigenvalue weighted by Gasteiger charge is -2.44. The highest BCUT2D eigenvalue weighted by atomic mass is 79.9. The Balaban J connectivity index is 2.56. The predicted molar refractivity (Wildman–Crippen MR) is 120 cm³/mol. The zero-order valence-corrected chi connectivity index (χ0v) is 21.6. The van der Waals surface area contributed by atoms with Gasteiger partial charge in [0, 0.05) is 33.8 Å². The third-order valence-electron chi connectivity index (χ3n) is 4.62. The van der Waals surface area contributed by atoms with Crippen molar-refractivity contribution < 1.29 is 57.1 Å². The van der Waals surface area contributed by atoms with Crippen molar-refractivity contribution in [2.45, 2.75) is 58.4 Å². The Bertz CT molecular complexity index is 949. The monoisotopic (exact) mass is 562 g/mol. The number of methoxy groups -OCH3 is 2. The minimum absolute atomic E-state index is 0.147. The molecule has 0 aliphatic carbocycles. The van der Waals surface area contributed by atoms with Gasteiger partial charge in [-0.05, 0) is 22.0 Å². The second-order valence-electron chi connectivity index (χ2n) is 7.33. The van der Waals surface area contributed by atoms with Crippen molar-refractivity contribution >= 4 is 39.8 Å². The van der Waals surface area contributed by atoms with E-state index in [-0.39, 0.29) is 18.1 Å². The number of halogens is 1. The lowest BCUT2D eigenvalue weighted by Crippen LogP contribution is -2.63. The van der Waals surface area contributed by atoms with E-state index in [1.807, 2.05) is 0 Å². The molecule has 13 heteroatoms. The summed E-state index contributed by atoms with van der Waals surface area (Å²) >= 11 is 3.37. The van der Waals surface area contributed by atoms with Crippen LogP contribution in [0.5, 0.6) is 17.2 Å². The number of benzene rings is 1.